The molecule has 0 unspecified atom stereocenters. The van der Waals surface area contributed by atoms with E-state index >= 15 is 0 Å². The normalized spacial score (nSPS) is 16.2. The number of amides is 2. The first-order valence-corrected chi connectivity index (χ1v) is 6.44. The first-order valence-electron chi connectivity index (χ1n) is 6.44. The molecular weight excluding hydrogens is 248 g/mol. The fourth-order valence-electron chi connectivity index (χ4n) is 1.79. The summed E-state index contributed by atoms with van der Waals surface area (Å²) in [6.45, 7) is 8.63. The second-order valence-electron chi connectivity index (χ2n) is 5.73. The molecule has 0 aromatic rings. The molecule has 6 nitrogen and oxygen atoms in total. The summed E-state index contributed by atoms with van der Waals surface area (Å²) in [7, 11) is 0. The lowest BCUT2D eigenvalue weighted by Crippen LogP contribution is -2.51. The van der Waals surface area contributed by atoms with Crippen LogP contribution in [-0.2, 0) is 14.3 Å². The third kappa shape index (κ3) is 5.28. The highest BCUT2D eigenvalue weighted by molar-refractivity contribution is 5.96. The van der Waals surface area contributed by atoms with Crippen LogP contribution in [0.1, 0.15) is 34.1 Å². The zero-order valence-corrected chi connectivity index (χ0v) is 12.1. The number of piperazine rings is 1. The smallest absolute Gasteiger partial charge is 0.410 e. The summed E-state index contributed by atoms with van der Waals surface area (Å²) < 4.78 is 5.27. The molecule has 0 aliphatic carbocycles. The lowest BCUT2D eigenvalue weighted by Gasteiger charge is -2.35. The summed E-state index contributed by atoms with van der Waals surface area (Å²) in [6, 6.07) is 0. The fourth-order valence-corrected chi connectivity index (χ4v) is 1.79. The highest BCUT2D eigenvalue weighted by Crippen LogP contribution is 2.12. The summed E-state index contributed by atoms with van der Waals surface area (Å²) in [5.74, 6) is -0.309. The van der Waals surface area contributed by atoms with Gasteiger partial charge < -0.3 is 14.5 Å². The zero-order valence-electron chi connectivity index (χ0n) is 12.1. The molecule has 0 radical (unpaired) electrons. The van der Waals surface area contributed by atoms with Gasteiger partial charge in [0.15, 0.2) is 0 Å². The second-order valence-corrected chi connectivity index (χ2v) is 5.73. The van der Waals surface area contributed by atoms with Crippen molar-refractivity contribution in [2.45, 2.75) is 39.7 Å². The number of carbonyl (C=O) groups is 3. The Hall–Kier alpha value is -1.59. The van der Waals surface area contributed by atoms with Crippen molar-refractivity contribution in [2.75, 3.05) is 26.2 Å². The molecule has 19 heavy (non-hydrogen) atoms. The van der Waals surface area contributed by atoms with Gasteiger partial charge in [-0.05, 0) is 27.7 Å². The van der Waals surface area contributed by atoms with E-state index in [4.69, 9.17) is 4.74 Å². The Morgan fingerprint density at radius 1 is 1.00 bits per heavy atom. The van der Waals surface area contributed by atoms with Crippen LogP contribution in [0, 0.1) is 0 Å². The highest BCUT2D eigenvalue weighted by Gasteiger charge is 2.27. The Bertz CT molecular complexity index is 365. The molecule has 1 aliphatic heterocycles. The van der Waals surface area contributed by atoms with Crippen molar-refractivity contribution < 1.29 is 19.1 Å². The van der Waals surface area contributed by atoms with Gasteiger partial charge in [-0.1, -0.05) is 0 Å². The summed E-state index contributed by atoms with van der Waals surface area (Å²) in [6.07, 6.45) is -0.418. The molecule has 6 heteroatoms. The number of rotatable bonds is 2. The van der Waals surface area contributed by atoms with Crippen LogP contribution < -0.4 is 0 Å². The third-order valence-electron chi connectivity index (χ3n) is 2.68. The Morgan fingerprint density at radius 3 is 1.89 bits per heavy atom. The van der Waals surface area contributed by atoms with Gasteiger partial charge in [-0.25, -0.2) is 4.79 Å². The SMILES string of the molecule is CC(=O)CC(=O)N1CCN(C(=O)OC(C)(C)C)CC1. The van der Waals surface area contributed by atoms with Crippen LogP contribution in [0.5, 0.6) is 0 Å². The van der Waals surface area contributed by atoms with Crippen molar-refractivity contribution in [3.05, 3.63) is 0 Å². The van der Waals surface area contributed by atoms with Gasteiger partial charge in [0, 0.05) is 26.2 Å². The van der Waals surface area contributed by atoms with E-state index < -0.39 is 5.60 Å². The van der Waals surface area contributed by atoms with E-state index in [2.05, 4.69) is 0 Å². The van der Waals surface area contributed by atoms with Gasteiger partial charge in [0.1, 0.15) is 11.4 Å². The quantitative estimate of drug-likeness (QED) is 0.703. The molecule has 0 bridgehead atoms. The van der Waals surface area contributed by atoms with Crippen LogP contribution in [0.2, 0.25) is 0 Å². The van der Waals surface area contributed by atoms with E-state index in [1.54, 1.807) is 9.80 Å². The van der Waals surface area contributed by atoms with Crippen LogP contribution in [0.3, 0.4) is 0 Å². The molecule has 1 rings (SSSR count). The molecule has 2 amide bonds. The summed E-state index contributed by atoms with van der Waals surface area (Å²) in [5, 5.41) is 0. The molecule has 1 heterocycles. The molecule has 0 saturated carbocycles. The standard InChI is InChI=1S/C13H22N2O4/c1-10(16)9-11(17)14-5-7-15(8-6-14)12(18)19-13(2,3)4/h5-9H2,1-4H3. The molecule has 0 aromatic carbocycles. The maximum absolute atomic E-state index is 11.8. The number of carbonyl (C=O) groups excluding carboxylic acids is 3. The summed E-state index contributed by atoms with van der Waals surface area (Å²) in [5.41, 5.74) is -0.515. The van der Waals surface area contributed by atoms with Crippen molar-refractivity contribution in [3.63, 3.8) is 0 Å². The van der Waals surface area contributed by atoms with Crippen molar-refractivity contribution in [2.24, 2.45) is 0 Å². The van der Waals surface area contributed by atoms with Crippen LogP contribution in [0.15, 0.2) is 0 Å². The molecule has 0 spiro atoms. The number of hydrogen-bond acceptors (Lipinski definition) is 4. The predicted octanol–water partition coefficient (Wildman–Crippen LogP) is 1.04. The minimum absolute atomic E-state index is 0.0631. The van der Waals surface area contributed by atoms with Crippen molar-refractivity contribution >= 4 is 17.8 Å². The van der Waals surface area contributed by atoms with Crippen LogP contribution in [0.25, 0.3) is 0 Å². The Kier molecular flexibility index (Phi) is 4.91. The molecule has 1 aliphatic rings. The Morgan fingerprint density at radius 2 is 1.47 bits per heavy atom. The minimum Gasteiger partial charge on any atom is -0.444 e. The Labute approximate surface area is 113 Å². The van der Waals surface area contributed by atoms with Gasteiger partial charge >= 0.3 is 6.09 Å². The Balaban J connectivity index is 2.42. The van der Waals surface area contributed by atoms with Gasteiger partial charge in [0.05, 0.1) is 6.42 Å². The lowest BCUT2D eigenvalue weighted by atomic mass is 10.2. The largest absolute Gasteiger partial charge is 0.444 e. The first kappa shape index (κ1) is 15.5. The van der Waals surface area contributed by atoms with Crippen LogP contribution >= 0.6 is 0 Å². The van der Waals surface area contributed by atoms with Crippen LogP contribution in [0.4, 0.5) is 4.79 Å². The van der Waals surface area contributed by atoms with Gasteiger partial charge in [-0.15, -0.1) is 0 Å². The number of ether oxygens (including phenoxy) is 1. The fraction of sp³-hybridized carbons (Fsp3) is 0.769. The number of nitrogens with zero attached hydrogens (tertiary/aromatic N) is 2. The van der Waals surface area contributed by atoms with Gasteiger partial charge in [-0.3, -0.25) is 9.59 Å². The lowest BCUT2D eigenvalue weighted by molar-refractivity contribution is -0.136. The molecule has 0 aromatic heterocycles. The van der Waals surface area contributed by atoms with E-state index in [9.17, 15) is 14.4 Å². The van der Waals surface area contributed by atoms with E-state index in [0.717, 1.165) is 0 Å². The molecule has 108 valence electrons. The first-order chi connectivity index (χ1) is 8.69. The van der Waals surface area contributed by atoms with Crippen molar-refractivity contribution in [3.8, 4) is 0 Å². The van der Waals surface area contributed by atoms with Gasteiger partial charge in [0.25, 0.3) is 0 Å². The molecule has 1 fully saturated rings. The maximum atomic E-state index is 11.8. The van der Waals surface area contributed by atoms with E-state index in [0.29, 0.717) is 26.2 Å². The topological polar surface area (TPSA) is 66.9 Å². The highest BCUT2D eigenvalue weighted by atomic mass is 16.6. The van der Waals surface area contributed by atoms with E-state index in [1.807, 2.05) is 20.8 Å². The van der Waals surface area contributed by atoms with Crippen LogP contribution in [-0.4, -0.2) is 59.4 Å². The van der Waals surface area contributed by atoms with E-state index in [-0.39, 0.29) is 24.2 Å². The van der Waals surface area contributed by atoms with Gasteiger partial charge in [0.2, 0.25) is 5.91 Å². The third-order valence-corrected chi connectivity index (χ3v) is 2.68. The van der Waals surface area contributed by atoms with Crippen molar-refractivity contribution in [1.82, 2.24) is 9.80 Å². The van der Waals surface area contributed by atoms with E-state index in [1.165, 1.54) is 6.92 Å². The number of Topliss-reactive ketones (excluding diaryl/α,β-unsaturated/α-hetero) is 1. The molecule has 0 atom stereocenters. The summed E-state index contributed by atoms with van der Waals surface area (Å²) in [4.78, 5) is 37.6. The van der Waals surface area contributed by atoms with Crippen molar-refractivity contribution in [1.29, 1.82) is 0 Å². The second kappa shape index (κ2) is 6.04. The average Bonchev–Trinajstić information content (AvgIpc) is 2.26. The summed E-state index contributed by atoms with van der Waals surface area (Å²) >= 11 is 0. The zero-order chi connectivity index (χ0) is 14.6. The maximum Gasteiger partial charge on any atom is 0.410 e. The molecule has 1 saturated heterocycles. The minimum atomic E-state index is -0.515. The average molecular weight is 270 g/mol. The monoisotopic (exact) mass is 270 g/mol. The molecule has 0 N–H and O–H groups in total. The van der Waals surface area contributed by atoms with Gasteiger partial charge in [-0.2, -0.15) is 0 Å². The number of ketones is 1. The predicted molar refractivity (Wildman–Crippen MR) is 69.7 cm³/mol. The molecular formula is C13H22N2O4. The number of hydrogen-bond donors (Lipinski definition) is 0.